The molecule has 0 aliphatic carbocycles. The van der Waals surface area contributed by atoms with Crippen molar-refractivity contribution < 1.29 is 4.42 Å². The van der Waals surface area contributed by atoms with Gasteiger partial charge < -0.3 is 14.3 Å². The van der Waals surface area contributed by atoms with Crippen LogP contribution in [0.15, 0.2) is 281 Å². The summed E-state index contributed by atoms with van der Waals surface area (Å²) in [5.74, 6) is 1.37. The van der Waals surface area contributed by atoms with Gasteiger partial charge in [0.15, 0.2) is 5.84 Å². The standard InChI is InChI=1S/C71H46N4O/c1-5-20-45(21-6-1)51-38-52(46-22-7-2-8-23-46)40-53(39-51)70-72-69(48-26-11-4-12-27-48)73-71(74-70)59-33-19-35-66-68(59)62-43-61(57-37-36-54(47-24-9-3-10-25-47)55-30-15-16-31-56(55)57)65(44-67(62)76-66)75-63-34-18-17-32-58(63)60-41-49-28-13-14-29-50(49)42-64(60)75/h1-44,70H,(H,72,73,74). The highest BCUT2D eigenvalue weighted by Gasteiger charge is 2.27. The molecule has 356 valence electrons. The molecule has 5 heteroatoms. The average molecular weight is 971 g/mol. The maximum atomic E-state index is 7.10. The number of nitrogens with one attached hydrogen (secondary N) is 1. The maximum absolute atomic E-state index is 7.10. The van der Waals surface area contributed by atoms with E-state index in [0.717, 1.165) is 94.6 Å². The fourth-order valence-electron chi connectivity index (χ4n) is 11.7. The number of hydrogen-bond donors (Lipinski definition) is 1. The molecular weight excluding hydrogens is 925 g/mol. The summed E-state index contributed by atoms with van der Waals surface area (Å²) >= 11 is 0. The van der Waals surface area contributed by atoms with Gasteiger partial charge in [-0.15, -0.1) is 0 Å². The second-order valence-electron chi connectivity index (χ2n) is 19.7. The Morgan fingerprint density at radius 3 is 1.63 bits per heavy atom. The lowest BCUT2D eigenvalue weighted by molar-refractivity contribution is 0.667. The smallest absolute Gasteiger partial charge is 0.159 e. The predicted molar refractivity (Wildman–Crippen MR) is 317 cm³/mol. The Bertz CT molecular complexity index is 4590. The highest BCUT2D eigenvalue weighted by Crippen LogP contribution is 2.45. The molecule has 1 aliphatic rings. The van der Waals surface area contributed by atoms with Crippen LogP contribution in [0, 0.1) is 0 Å². The number of aromatic nitrogens is 1. The van der Waals surface area contributed by atoms with Crippen molar-refractivity contribution in [3.63, 3.8) is 0 Å². The van der Waals surface area contributed by atoms with Gasteiger partial charge in [-0.3, -0.25) is 0 Å². The van der Waals surface area contributed by atoms with E-state index in [1.54, 1.807) is 0 Å². The molecule has 1 N–H and O–H groups in total. The van der Waals surface area contributed by atoms with E-state index in [1.165, 1.54) is 43.4 Å². The normalized spacial score (nSPS) is 13.7. The van der Waals surface area contributed by atoms with Gasteiger partial charge in [0.1, 0.15) is 23.2 Å². The Morgan fingerprint density at radius 2 is 0.934 bits per heavy atom. The summed E-state index contributed by atoms with van der Waals surface area (Å²) in [6.07, 6.45) is -0.467. The lowest BCUT2D eigenvalue weighted by Crippen LogP contribution is -2.33. The summed E-state index contributed by atoms with van der Waals surface area (Å²) in [7, 11) is 0. The lowest BCUT2D eigenvalue weighted by atomic mass is 9.90. The summed E-state index contributed by atoms with van der Waals surface area (Å²) in [5.41, 5.74) is 16.9. The topological polar surface area (TPSA) is 54.8 Å². The van der Waals surface area contributed by atoms with Crippen LogP contribution in [0.1, 0.15) is 22.9 Å². The molecule has 14 aromatic rings. The van der Waals surface area contributed by atoms with E-state index in [0.29, 0.717) is 5.84 Å². The molecule has 3 heterocycles. The van der Waals surface area contributed by atoms with E-state index >= 15 is 0 Å². The van der Waals surface area contributed by atoms with Crippen molar-refractivity contribution in [1.29, 1.82) is 0 Å². The van der Waals surface area contributed by atoms with Gasteiger partial charge >= 0.3 is 0 Å². The van der Waals surface area contributed by atoms with Crippen molar-refractivity contribution in [1.82, 2.24) is 9.88 Å². The minimum atomic E-state index is -0.467. The molecule has 5 nitrogen and oxygen atoms in total. The Labute approximate surface area is 439 Å². The lowest BCUT2D eigenvalue weighted by Gasteiger charge is -2.25. The van der Waals surface area contributed by atoms with Gasteiger partial charge in [-0.05, 0) is 115 Å². The number of benzene rings is 12. The monoisotopic (exact) mass is 970 g/mol. The molecule has 1 unspecified atom stereocenters. The number of fused-ring (bicyclic) bond motifs is 8. The van der Waals surface area contributed by atoms with Crippen molar-refractivity contribution in [2.75, 3.05) is 0 Å². The molecule has 1 aliphatic heterocycles. The van der Waals surface area contributed by atoms with Gasteiger partial charge in [-0.2, -0.15) is 0 Å². The van der Waals surface area contributed by atoms with Crippen LogP contribution in [0.4, 0.5) is 0 Å². The first-order valence-corrected chi connectivity index (χ1v) is 25.9. The zero-order chi connectivity index (χ0) is 50.1. The van der Waals surface area contributed by atoms with E-state index in [1.807, 2.05) is 18.2 Å². The molecule has 0 fully saturated rings. The van der Waals surface area contributed by atoms with Gasteiger partial charge in [0, 0.05) is 44.3 Å². The van der Waals surface area contributed by atoms with Crippen LogP contribution < -0.4 is 5.32 Å². The van der Waals surface area contributed by atoms with Crippen LogP contribution in [0.5, 0.6) is 0 Å². The molecule has 1 atom stereocenters. The number of hydrogen-bond acceptors (Lipinski definition) is 4. The number of para-hydroxylation sites is 1. The van der Waals surface area contributed by atoms with Crippen molar-refractivity contribution in [2.45, 2.75) is 6.17 Å². The molecule has 0 radical (unpaired) electrons. The van der Waals surface area contributed by atoms with Crippen LogP contribution in [-0.2, 0) is 0 Å². The van der Waals surface area contributed by atoms with E-state index in [9.17, 15) is 0 Å². The van der Waals surface area contributed by atoms with Crippen LogP contribution in [0.2, 0.25) is 0 Å². The van der Waals surface area contributed by atoms with Crippen LogP contribution in [-0.4, -0.2) is 16.2 Å². The third-order valence-corrected chi connectivity index (χ3v) is 15.2. The highest BCUT2D eigenvalue weighted by atomic mass is 16.3. The summed E-state index contributed by atoms with van der Waals surface area (Å²) in [6.45, 7) is 0. The second kappa shape index (κ2) is 17.8. The first-order valence-electron chi connectivity index (χ1n) is 25.9. The summed E-state index contributed by atoms with van der Waals surface area (Å²) in [4.78, 5) is 10.8. The van der Waals surface area contributed by atoms with Crippen LogP contribution in [0.25, 0.3) is 115 Å². The van der Waals surface area contributed by atoms with Crippen molar-refractivity contribution in [3.8, 4) is 50.2 Å². The van der Waals surface area contributed by atoms with E-state index in [-0.39, 0.29) is 0 Å². The minimum Gasteiger partial charge on any atom is -0.456 e. The minimum absolute atomic E-state index is 0.467. The predicted octanol–water partition coefficient (Wildman–Crippen LogP) is 18.2. The molecule has 0 spiro atoms. The summed E-state index contributed by atoms with van der Waals surface area (Å²) < 4.78 is 9.55. The zero-order valence-corrected chi connectivity index (χ0v) is 41.2. The summed E-state index contributed by atoms with van der Waals surface area (Å²) in [6, 6.07) is 95.5. The first kappa shape index (κ1) is 43.5. The highest BCUT2D eigenvalue weighted by molar-refractivity contribution is 6.23. The fourth-order valence-corrected chi connectivity index (χ4v) is 11.7. The van der Waals surface area contributed by atoms with Gasteiger partial charge in [0.25, 0.3) is 0 Å². The number of amidine groups is 2. The van der Waals surface area contributed by atoms with Crippen LogP contribution in [0.3, 0.4) is 0 Å². The third-order valence-electron chi connectivity index (χ3n) is 15.2. The second-order valence-corrected chi connectivity index (χ2v) is 19.7. The van der Waals surface area contributed by atoms with E-state index in [4.69, 9.17) is 14.4 Å². The molecule has 0 amide bonds. The zero-order valence-electron chi connectivity index (χ0n) is 41.2. The Morgan fingerprint density at radius 1 is 0.355 bits per heavy atom. The van der Waals surface area contributed by atoms with E-state index < -0.39 is 6.17 Å². The molecule has 0 saturated carbocycles. The Kier molecular flexibility index (Phi) is 10.2. The molecule has 76 heavy (non-hydrogen) atoms. The molecule has 0 bridgehead atoms. The molecule has 0 saturated heterocycles. The fraction of sp³-hybridized carbons (Fsp3) is 0.0141. The number of nitrogens with zero attached hydrogens (tertiary/aromatic N) is 3. The SMILES string of the molecule is c1ccc(C2=NC(c3cc(-c4ccccc4)cc(-c4ccccc4)c3)NC(c3cccc4oc5cc(-n6c7ccccc7c7cc8ccccc8cc76)c(-c6ccc(-c7ccccc7)c7ccccc67)cc5c34)=N2)cc1. The Hall–Kier alpha value is -10.1. The number of furan rings is 1. The average Bonchev–Trinajstić information content (AvgIpc) is 4.12. The van der Waals surface area contributed by atoms with Gasteiger partial charge in [-0.25, -0.2) is 9.98 Å². The van der Waals surface area contributed by atoms with Crippen molar-refractivity contribution in [2.24, 2.45) is 9.98 Å². The molecular formula is C71H46N4O. The van der Waals surface area contributed by atoms with Gasteiger partial charge in [0.2, 0.25) is 0 Å². The van der Waals surface area contributed by atoms with Gasteiger partial charge in [0.05, 0.1) is 16.7 Å². The number of aliphatic imine (C=N–C) groups is 2. The van der Waals surface area contributed by atoms with Gasteiger partial charge in [-0.1, -0.05) is 212 Å². The van der Waals surface area contributed by atoms with Crippen molar-refractivity contribution >= 4 is 77.0 Å². The molecule has 12 aromatic carbocycles. The first-order chi connectivity index (χ1) is 37.7. The number of rotatable bonds is 8. The largest absolute Gasteiger partial charge is 0.456 e. The van der Waals surface area contributed by atoms with Crippen molar-refractivity contribution in [3.05, 3.63) is 284 Å². The summed E-state index contributed by atoms with van der Waals surface area (Å²) in [5, 5.41) is 13.0. The molecule has 15 rings (SSSR count). The van der Waals surface area contributed by atoms with Crippen LogP contribution >= 0.6 is 0 Å². The third kappa shape index (κ3) is 7.32. The quantitative estimate of drug-likeness (QED) is 0.165. The Balaban J connectivity index is 0.977. The molecule has 2 aromatic heterocycles. The van der Waals surface area contributed by atoms with E-state index in [2.05, 4.69) is 259 Å². The maximum Gasteiger partial charge on any atom is 0.159 e.